The minimum atomic E-state index is 0.731. The molecule has 3 nitrogen and oxygen atoms in total. The van der Waals surface area contributed by atoms with Gasteiger partial charge in [-0.15, -0.1) is 11.3 Å². The topological polar surface area (TPSA) is 29.0 Å². The second-order valence-corrected chi connectivity index (χ2v) is 6.74. The molecule has 2 aliphatic rings. The number of aryl methyl sites for hydroxylation is 2. The van der Waals surface area contributed by atoms with Crippen LogP contribution in [0.3, 0.4) is 0 Å². The number of nitrogens with zero attached hydrogens (tertiary/aromatic N) is 3. The fourth-order valence-electron chi connectivity index (χ4n) is 3.22. The predicted octanol–water partition coefficient (Wildman–Crippen LogP) is 3.56. The van der Waals surface area contributed by atoms with Crippen LogP contribution in [-0.2, 0) is 12.8 Å². The standard InChI is InChI=1S/C15H19N3S/c1-2-8-18(10-6-7-10)14-13-11-4-3-5-12(11)19-15(13)17-9-16-14/h9-10H,2-8H2,1H3. The average molecular weight is 273 g/mol. The Morgan fingerprint density at radius 1 is 1.32 bits per heavy atom. The largest absolute Gasteiger partial charge is 0.353 e. The van der Waals surface area contributed by atoms with Gasteiger partial charge in [0.1, 0.15) is 17.0 Å². The summed E-state index contributed by atoms with van der Waals surface area (Å²) in [7, 11) is 0. The Hall–Kier alpha value is -1.16. The Kier molecular flexibility index (Phi) is 2.72. The SMILES string of the molecule is CCCN(c1ncnc2sc3c(c12)CCC3)C1CC1. The Balaban J connectivity index is 1.88. The Morgan fingerprint density at radius 2 is 2.21 bits per heavy atom. The average Bonchev–Trinajstić information content (AvgIpc) is 3.04. The van der Waals surface area contributed by atoms with Crippen LogP contribution in [-0.4, -0.2) is 22.6 Å². The van der Waals surface area contributed by atoms with Crippen LogP contribution in [0.25, 0.3) is 10.2 Å². The zero-order valence-corrected chi connectivity index (χ0v) is 12.2. The summed E-state index contributed by atoms with van der Waals surface area (Å²) < 4.78 is 0. The molecule has 0 radical (unpaired) electrons. The fraction of sp³-hybridized carbons (Fsp3) is 0.600. The highest BCUT2D eigenvalue weighted by molar-refractivity contribution is 7.19. The first kappa shape index (κ1) is 11.6. The quantitative estimate of drug-likeness (QED) is 0.853. The van der Waals surface area contributed by atoms with Gasteiger partial charge in [0, 0.05) is 17.5 Å². The lowest BCUT2D eigenvalue weighted by molar-refractivity contribution is 0.752. The summed E-state index contributed by atoms with van der Waals surface area (Å²) in [6.45, 7) is 3.38. The molecule has 4 rings (SSSR count). The van der Waals surface area contributed by atoms with Crippen LogP contribution in [0.15, 0.2) is 6.33 Å². The van der Waals surface area contributed by atoms with Crippen molar-refractivity contribution in [3.63, 3.8) is 0 Å². The van der Waals surface area contributed by atoms with E-state index in [4.69, 9.17) is 0 Å². The van der Waals surface area contributed by atoms with Crippen LogP contribution in [0.2, 0.25) is 0 Å². The van der Waals surface area contributed by atoms with Gasteiger partial charge in [-0.05, 0) is 44.1 Å². The Morgan fingerprint density at radius 3 is 3.00 bits per heavy atom. The van der Waals surface area contributed by atoms with Gasteiger partial charge < -0.3 is 4.90 Å². The first-order valence-corrected chi connectivity index (χ1v) is 8.22. The second kappa shape index (κ2) is 4.44. The van der Waals surface area contributed by atoms with E-state index in [1.165, 1.54) is 54.6 Å². The van der Waals surface area contributed by atoms with Crippen molar-refractivity contribution in [1.82, 2.24) is 9.97 Å². The summed E-state index contributed by atoms with van der Waals surface area (Å²) in [5, 5.41) is 1.38. The van der Waals surface area contributed by atoms with E-state index in [0.29, 0.717) is 0 Å². The molecule has 0 aromatic carbocycles. The monoisotopic (exact) mass is 273 g/mol. The third-order valence-corrected chi connectivity index (χ3v) is 5.41. The maximum Gasteiger partial charge on any atom is 0.141 e. The van der Waals surface area contributed by atoms with E-state index in [9.17, 15) is 0 Å². The lowest BCUT2D eigenvalue weighted by Crippen LogP contribution is -2.27. The van der Waals surface area contributed by atoms with Gasteiger partial charge in [-0.2, -0.15) is 0 Å². The molecule has 0 aliphatic heterocycles. The highest BCUT2D eigenvalue weighted by Gasteiger charge is 2.32. The van der Waals surface area contributed by atoms with E-state index >= 15 is 0 Å². The maximum absolute atomic E-state index is 4.66. The summed E-state index contributed by atoms with van der Waals surface area (Å²) >= 11 is 1.89. The molecular weight excluding hydrogens is 254 g/mol. The summed E-state index contributed by atoms with van der Waals surface area (Å²) in [4.78, 5) is 14.5. The molecule has 19 heavy (non-hydrogen) atoms. The molecule has 0 amide bonds. The van der Waals surface area contributed by atoms with E-state index in [1.807, 2.05) is 11.3 Å². The molecule has 2 aromatic rings. The molecule has 2 aromatic heterocycles. The molecule has 0 unspecified atom stereocenters. The summed E-state index contributed by atoms with van der Waals surface area (Å²) in [5.74, 6) is 1.22. The smallest absolute Gasteiger partial charge is 0.141 e. The van der Waals surface area contributed by atoms with Crippen molar-refractivity contribution >= 4 is 27.4 Å². The third-order valence-electron chi connectivity index (χ3n) is 4.21. The van der Waals surface area contributed by atoms with Crippen LogP contribution in [0.1, 0.15) is 43.0 Å². The number of thiophene rings is 1. The predicted molar refractivity (Wildman–Crippen MR) is 80.1 cm³/mol. The molecule has 2 aliphatic carbocycles. The van der Waals surface area contributed by atoms with E-state index in [0.717, 1.165) is 12.6 Å². The van der Waals surface area contributed by atoms with Crippen LogP contribution in [0, 0.1) is 0 Å². The van der Waals surface area contributed by atoms with Crippen LogP contribution < -0.4 is 4.90 Å². The minimum Gasteiger partial charge on any atom is -0.353 e. The lowest BCUT2D eigenvalue weighted by Gasteiger charge is -2.23. The first-order chi connectivity index (χ1) is 9.38. The molecule has 4 heteroatoms. The molecule has 0 atom stereocenters. The van der Waals surface area contributed by atoms with Crippen molar-refractivity contribution in [2.45, 2.75) is 51.5 Å². The van der Waals surface area contributed by atoms with Crippen LogP contribution in [0.5, 0.6) is 0 Å². The lowest BCUT2D eigenvalue weighted by atomic mass is 10.1. The summed E-state index contributed by atoms with van der Waals surface area (Å²) in [5.41, 5.74) is 1.55. The Labute approximate surface area is 117 Å². The maximum atomic E-state index is 4.66. The van der Waals surface area contributed by atoms with Gasteiger partial charge in [0.15, 0.2) is 0 Å². The number of anilines is 1. The molecule has 0 spiro atoms. The van der Waals surface area contributed by atoms with Crippen LogP contribution >= 0.6 is 11.3 Å². The zero-order chi connectivity index (χ0) is 12.8. The van der Waals surface area contributed by atoms with Crippen molar-refractivity contribution < 1.29 is 0 Å². The summed E-state index contributed by atoms with van der Waals surface area (Å²) in [6, 6.07) is 0.731. The number of hydrogen-bond acceptors (Lipinski definition) is 4. The van der Waals surface area contributed by atoms with Crippen LogP contribution in [0.4, 0.5) is 5.82 Å². The van der Waals surface area contributed by atoms with Gasteiger partial charge in [-0.25, -0.2) is 9.97 Å². The first-order valence-electron chi connectivity index (χ1n) is 7.40. The van der Waals surface area contributed by atoms with Gasteiger partial charge in [-0.1, -0.05) is 6.92 Å². The van der Waals surface area contributed by atoms with Crippen molar-refractivity contribution in [2.24, 2.45) is 0 Å². The van der Waals surface area contributed by atoms with E-state index in [2.05, 4.69) is 21.8 Å². The van der Waals surface area contributed by atoms with E-state index in [-0.39, 0.29) is 0 Å². The molecule has 0 saturated heterocycles. The van der Waals surface area contributed by atoms with Crippen molar-refractivity contribution in [1.29, 1.82) is 0 Å². The Bertz CT molecular complexity index is 615. The number of aromatic nitrogens is 2. The third kappa shape index (κ3) is 1.84. The van der Waals surface area contributed by atoms with Crippen molar-refractivity contribution in [3.05, 3.63) is 16.8 Å². The fourth-order valence-corrected chi connectivity index (χ4v) is 4.44. The van der Waals surface area contributed by atoms with Gasteiger partial charge >= 0.3 is 0 Å². The number of hydrogen-bond donors (Lipinski definition) is 0. The van der Waals surface area contributed by atoms with Crippen molar-refractivity contribution in [2.75, 3.05) is 11.4 Å². The normalized spacial score (nSPS) is 17.9. The second-order valence-electron chi connectivity index (χ2n) is 5.66. The van der Waals surface area contributed by atoms with Crippen molar-refractivity contribution in [3.8, 4) is 0 Å². The zero-order valence-electron chi connectivity index (χ0n) is 11.4. The molecular formula is C15H19N3S. The van der Waals surface area contributed by atoms with Gasteiger partial charge in [0.2, 0.25) is 0 Å². The molecule has 2 heterocycles. The number of rotatable bonds is 4. The van der Waals surface area contributed by atoms with E-state index in [1.54, 1.807) is 16.8 Å². The summed E-state index contributed by atoms with van der Waals surface area (Å²) in [6.07, 6.45) is 9.38. The highest BCUT2D eigenvalue weighted by Crippen LogP contribution is 2.42. The minimum absolute atomic E-state index is 0.731. The molecule has 1 saturated carbocycles. The molecule has 0 N–H and O–H groups in total. The van der Waals surface area contributed by atoms with Gasteiger partial charge in [-0.3, -0.25) is 0 Å². The van der Waals surface area contributed by atoms with Gasteiger partial charge in [0.25, 0.3) is 0 Å². The van der Waals surface area contributed by atoms with Gasteiger partial charge in [0.05, 0.1) is 5.39 Å². The molecule has 100 valence electrons. The molecule has 0 bridgehead atoms. The van der Waals surface area contributed by atoms with E-state index < -0.39 is 0 Å². The highest BCUT2D eigenvalue weighted by atomic mass is 32.1. The number of fused-ring (bicyclic) bond motifs is 3. The molecule has 1 fully saturated rings.